The summed E-state index contributed by atoms with van der Waals surface area (Å²) < 4.78 is 23.1. The Morgan fingerprint density at radius 2 is 1.72 bits per heavy atom. The Kier molecular flexibility index (Phi) is 4.87. The van der Waals surface area contributed by atoms with Crippen molar-refractivity contribution in [1.82, 2.24) is 0 Å². The number of hydrogen-bond donors (Lipinski definition) is 1. The maximum Gasteiger partial charge on any atom is 0.334 e. The molecule has 3 aliphatic heterocycles. The average molecular weight is 408 g/mol. The van der Waals surface area contributed by atoms with Crippen molar-refractivity contribution in [3.63, 3.8) is 0 Å². The zero-order valence-corrected chi connectivity index (χ0v) is 17.7. The minimum atomic E-state index is -1.20. The molecule has 0 amide bonds. The number of aliphatic hydroxyl groups is 1. The van der Waals surface area contributed by atoms with Crippen LogP contribution >= 0.6 is 0 Å². The smallest absolute Gasteiger partial charge is 0.334 e. The van der Waals surface area contributed by atoms with Crippen molar-refractivity contribution in [3.8, 4) is 0 Å². The Hall–Kier alpha value is -1.44. The molecule has 0 spiro atoms. The molecule has 1 N–H and O–H groups in total. The Labute approximate surface area is 171 Å². The third kappa shape index (κ3) is 3.97. The fourth-order valence-corrected chi connectivity index (χ4v) is 5.12. The number of carbonyl (C=O) groups excluding carboxylic acids is 2. The van der Waals surface area contributed by atoms with Crippen LogP contribution in [0.4, 0.5) is 0 Å². The van der Waals surface area contributed by atoms with Crippen LogP contribution in [0.1, 0.15) is 66.2 Å². The van der Waals surface area contributed by atoms with Crippen LogP contribution in [-0.4, -0.2) is 58.3 Å². The molecule has 162 valence electrons. The van der Waals surface area contributed by atoms with Gasteiger partial charge in [0.05, 0.1) is 29.0 Å². The third-order valence-electron chi connectivity index (χ3n) is 7.38. The van der Waals surface area contributed by atoms with Gasteiger partial charge in [-0.25, -0.2) is 4.79 Å². The highest BCUT2D eigenvalue weighted by atomic mass is 16.6. The molecule has 4 rings (SSSR count). The summed E-state index contributed by atoms with van der Waals surface area (Å²) in [5.41, 5.74) is -1.52. The largest absolute Gasteiger partial charge is 0.462 e. The molecule has 0 unspecified atom stereocenters. The molecule has 3 saturated heterocycles. The van der Waals surface area contributed by atoms with E-state index in [0.717, 1.165) is 12.8 Å². The van der Waals surface area contributed by atoms with E-state index in [-0.39, 0.29) is 23.4 Å². The highest BCUT2D eigenvalue weighted by Crippen LogP contribution is 2.51. The van der Waals surface area contributed by atoms with Crippen LogP contribution in [-0.2, 0) is 28.5 Å². The van der Waals surface area contributed by atoms with Gasteiger partial charge in [0.15, 0.2) is 0 Å². The molecule has 0 aromatic heterocycles. The molecule has 3 heterocycles. The molecule has 1 saturated carbocycles. The quantitative estimate of drug-likeness (QED) is 0.404. The highest BCUT2D eigenvalue weighted by Gasteiger charge is 2.59. The fourth-order valence-electron chi connectivity index (χ4n) is 5.12. The maximum atomic E-state index is 12.5. The molecule has 0 aromatic carbocycles. The Morgan fingerprint density at radius 3 is 2.41 bits per heavy atom. The van der Waals surface area contributed by atoms with E-state index in [2.05, 4.69) is 13.5 Å². The Bertz CT molecular complexity index is 731. The summed E-state index contributed by atoms with van der Waals surface area (Å²) in [7, 11) is 0. The predicted octanol–water partition coefficient (Wildman–Crippen LogP) is 2.44. The molecule has 2 bridgehead atoms. The van der Waals surface area contributed by atoms with Gasteiger partial charge >= 0.3 is 11.9 Å². The number of hydrogen-bond acceptors (Lipinski definition) is 7. The molecule has 1 aliphatic carbocycles. The molecule has 7 heteroatoms. The lowest BCUT2D eigenvalue weighted by Crippen LogP contribution is -2.50. The van der Waals surface area contributed by atoms with E-state index in [4.69, 9.17) is 18.9 Å². The van der Waals surface area contributed by atoms with Gasteiger partial charge in [0.1, 0.15) is 12.2 Å². The lowest BCUT2D eigenvalue weighted by atomic mass is 9.76. The zero-order chi connectivity index (χ0) is 21.2. The van der Waals surface area contributed by atoms with Crippen molar-refractivity contribution >= 4 is 11.9 Å². The van der Waals surface area contributed by atoms with E-state index in [1.807, 2.05) is 6.92 Å². The van der Waals surface area contributed by atoms with Gasteiger partial charge in [-0.15, -0.1) is 0 Å². The van der Waals surface area contributed by atoms with Gasteiger partial charge in [-0.05, 0) is 52.9 Å². The monoisotopic (exact) mass is 408 g/mol. The van der Waals surface area contributed by atoms with Gasteiger partial charge in [-0.2, -0.15) is 0 Å². The molecule has 7 nitrogen and oxygen atoms in total. The van der Waals surface area contributed by atoms with Crippen LogP contribution in [0, 0.1) is 5.92 Å². The summed E-state index contributed by atoms with van der Waals surface area (Å²) in [5.74, 6) is -1.36. The van der Waals surface area contributed by atoms with E-state index in [9.17, 15) is 14.7 Å². The molecule has 8 atom stereocenters. The van der Waals surface area contributed by atoms with Crippen molar-refractivity contribution in [2.24, 2.45) is 5.92 Å². The van der Waals surface area contributed by atoms with Gasteiger partial charge in [0.25, 0.3) is 0 Å². The SMILES string of the molecule is C=C1C(=O)O[C@H]2C[C@H]1[C@@H](OC(C)=O)C[C@]1(C)O[C@H]1CC[C@@]1(C)O[C@H]1CC[C@@]2(C)O. The summed E-state index contributed by atoms with van der Waals surface area (Å²) in [6, 6.07) is 0. The molecule has 29 heavy (non-hydrogen) atoms. The van der Waals surface area contributed by atoms with E-state index < -0.39 is 41.3 Å². The second-order valence-electron chi connectivity index (χ2n) is 9.89. The van der Waals surface area contributed by atoms with Gasteiger partial charge in [-0.1, -0.05) is 6.58 Å². The minimum Gasteiger partial charge on any atom is -0.462 e. The Balaban J connectivity index is 1.63. The van der Waals surface area contributed by atoms with Crippen LogP contribution in [0.3, 0.4) is 0 Å². The van der Waals surface area contributed by atoms with Crippen LogP contribution in [0.25, 0.3) is 0 Å². The van der Waals surface area contributed by atoms with Gasteiger partial charge < -0.3 is 24.1 Å². The first-order chi connectivity index (χ1) is 13.4. The molecule has 0 radical (unpaired) electrons. The Morgan fingerprint density at radius 1 is 1.10 bits per heavy atom. The van der Waals surface area contributed by atoms with Crippen LogP contribution < -0.4 is 0 Å². The van der Waals surface area contributed by atoms with E-state index in [1.54, 1.807) is 6.92 Å². The molecular weight excluding hydrogens is 376 g/mol. The number of esters is 2. The maximum absolute atomic E-state index is 12.5. The van der Waals surface area contributed by atoms with Crippen molar-refractivity contribution < 1.29 is 33.6 Å². The third-order valence-corrected chi connectivity index (χ3v) is 7.38. The number of fused-ring (bicyclic) bond motifs is 4. The lowest BCUT2D eigenvalue weighted by Gasteiger charge is -2.41. The summed E-state index contributed by atoms with van der Waals surface area (Å²) >= 11 is 0. The summed E-state index contributed by atoms with van der Waals surface area (Å²) in [6.45, 7) is 11.1. The summed E-state index contributed by atoms with van der Waals surface area (Å²) in [6.07, 6.45) is 2.66. The highest BCUT2D eigenvalue weighted by molar-refractivity contribution is 5.89. The minimum absolute atomic E-state index is 0.0767. The molecule has 4 fully saturated rings. The van der Waals surface area contributed by atoms with Gasteiger partial charge in [0, 0.05) is 24.8 Å². The normalized spacial score (nSPS) is 49.8. The second kappa shape index (κ2) is 6.79. The van der Waals surface area contributed by atoms with Crippen molar-refractivity contribution in [2.45, 2.75) is 107 Å². The average Bonchev–Trinajstić information content (AvgIpc) is 3.47. The van der Waals surface area contributed by atoms with Gasteiger partial charge in [-0.3, -0.25) is 4.79 Å². The molecular formula is C22H32O7. The fraction of sp³-hybridized carbons (Fsp3) is 0.818. The number of carbonyl (C=O) groups is 2. The van der Waals surface area contributed by atoms with Crippen LogP contribution in [0.15, 0.2) is 12.2 Å². The number of rotatable bonds is 1. The second-order valence-corrected chi connectivity index (χ2v) is 9.89. The molecule has 0 aromatic rings. The van der Waals surface area contributed by atoms with Crippen molar-refractivity contribution in [2.75, 3.05) is 0 Å². The van der Waals surface area contributed by atoms with Crippen molar-refractivity contribution in [1.29, 1.82) is 0 Å². The van der Waals surface area contributed by atoms with Crippen molar-refractivity contribution in [3.05, 3.63) is 12.2 Å². The van der Waals surface area contributed by atoms with E-state index in [0.29, 0.717) is 25.7 Å². The number of ether oxygens (including phenoxy) is 4. The topological polar surface area (TPSA) is 97.9 Å². The van der Waals surface area contributed by atoms with Crippen LogP contribution in [0.5, 0.6) is 0 Å². The van der Waals surface area contributed by atoms with E-state index >= 15 is 0 Å². The van der Waals surface area contributed by atoms with E-state index in [1.165, 1.54) is 6.92 Å². The van der Waals surface area contributed by atoms with Gasteiger partial charge in [0.2, 0.25) is 0 Å². The summed E-state index contributed by atoms with van der Waals surface area (Å²) in [5, 5.41) is 11.1. The zero-order valence-electron chi connectivity index (χ0n) is 17.7. The standard InChI is InChI=1S/C22H32O7/c1-12-14-10-18(27-19(12)24)20(3,25)8-6-16-21(4,28-16)9-7-17-22(5,29-17)11-15(14)26-13(2)23/h14-18,25H,1,6-11H2,2-5H3/t14-,15+,16+,17+,18+,20-,21-,22+/m1/s1. The summed E-state index contributed by atoms with van der Waals surface area (Å²) in [4.78, 5) is 24.3. The van der Waals surface area contributed by atoms with Crippen LogP contribution in [0.2, 0.25) is 0 Å². The first-order valence-electron chi connectivity index (χ1n) is 10.6. The molecule has 4 aliphatic rings. The predicted molar refractivity (Wildman–Crippen MR) is 103 cm³/mol. The first-order valence-corrected chi connectivity index (χ1v) is 10.6. The first kappa shape index (κ1) is 20.8. The number of epoxide rings is 2. The lowest BCUT2D eigenvalue weighted by molar-refractivity contribution is -0.175.